The molecule has 0 unspecified atom stereocenters. The van der Waals surface area contributed by atoms with Crippen molar-refractivity contribution in [2.24, 2.45) is 23.7 Å². The highest BCUT2D eigenvalue weighted by molar-refractivity contribution is 6.00. The van der Waals surface area contributed by atoms with Gasteiger partial charge in [0.15, 0.2) is 0 Å². The van der Waals surface area contributed by atoms with E-state index in [9.17, 15) is 4.79 Å². The minimum absolute atomic E-state index is 0.231. The Kier molecular flexibility index (Phi) is 2.31. The number of carbonyl (C=O) groups is 1. The Bertz CT molecular complexity index is 596. The molecule has 6 rings (SSSR count). The lowest BCUT2D eigenvalue weighted by molar-refractivity contribution is -0.0555. The van der Waals surface area contributed by atoms with Gasteiger partial charge in [0.25, 0.3) is 5.91 Å². The van der Waals surface area contributed by atoms with Gasteiger partial charge in [-0.3, -0.25) is 4.79 Å². The molecule has 1 heterocycles. The molecule has 3 heteroatoms. The van der Waals surface area contributed by atoms with E-state index in [4.69, 9.17) is 5.73 Å². The van der Waals surface area contributed by atoms with Crippen molar-refractivity contribution < 1.29 is 4.79 Å². The molecule has 0 spiro atoms. The van der Waals surface area contributed by atoms with Crippen molar-refractivity contribution in [3.05, 3.63) is 29.3 Å². The number of amides is 1. The second kappa shape index (κ2) is 4.02. The van der Waals surface area contributed by atoms with Gasteiger partial charge in [0, 0.05) is 29.4 Å². The molecule has 0 aromatic heterocycles. The Balaban J connectivity index is 1.50. The summed E-state index contributed by atoms with van der Waals surface area (Å²) >= 11 is 0. The van der Waals surface area contributed by atoms with Crippen LogP contribution in [0.5, 0.6) is 0 Å². The number of fused-ring (bicyclic) bond motifs is 1. The first kappa shape index (κ1) is 12.1. The van der Waals surface area contributed by atoms with Crippen LogP contribution in [0.25, 0.3) is 0 Å². The zero-order valence-electron chi connectivity index (χ0n) is 12.3. The first-order chi connectivity index (χ1) is 10.2. The lowest BCUT2D eigenvalue weighted by Crippen LogP contribution is -2.56. The summed E-state index contributed by atoms with van der Waals surface area (Å²) in [6.45, 7) is 0.744. The van der Waals surface area contributed by atoms with E-state index < -0.39 is 0 Å². The fourth-order valence-electron chi connectivity index (χ4n) is 6.02. The predicted octanol–water partition coefficient (Wildman–Crippen LogP) is 3.05. The number of anilines is 1. The van der Waals surface area contributed by atoms with Crippen LogP contribution < -0.4 is 5.73 Å². The van der Waals surface area contributed by atoms with Crippen molar-refractivity contribution in [1.82, 2.24) is 4.90 Å². The molecule has 1 aromatic rings. The van der Waals surface area contributed by atoms with Gasteiger partial charge < -0.3 is 10.6 Å². The highest BCUT2D eigenvalue weighted by atomic mass is 16.2. The van der Waals surface area contributed by atoms with Gasteiger partial charge in [-0.2, -0.15) is 0 Å². The Morgan fingerprint density at radius 2 is 1.67 bits per heavy atom. The normalized spacial score (nSPS) is 39.9. The average Bonchev–Trinajstić information content (AvgIpc) is 2.77. The first-order valence-electron chi connectivity index (χ1n) is 8.39. The van der Waals surface area contributed by atoms with Crippen molar-refractivity contribution in [2.45, 2.75) is 44.7 Å². The minimum atomic E-state index is 0.231. The molecule has 5 aliphatic rings. The van der Waals surface area contributed by atoms with Crippen molar-refractivity contribution >= 4 is 11.6 Å². The fourth-order valence-corrected chi connectivity index (χ4v) is 6.02. The summed E-state index contributed by atoms with van der Waals surface area (Å²) in [5.41, 5.74) is 8.79. The monoisotopic (exact) mass is 282 g/mol. The first-order valence-corrected chi connectivity index (χ1v) is 8.39. The van der Waals surface area contributed by atoms with E-state index in [1.807, 2.05) is 18.2 Å². The summed E-state index contributed by atoms with van der Waals surface area (Å²) in [5.74, 6) is 3.64. The third-order valence-electron chi connectivity index (χ3n) is 6.57. The maximum absolute atomic E-state index is 12.8. The van der Waals surface area contributed by atoms with Crippen LogP contribution in [-0.2, 0) is 6.54 Å². The van der Waals surface area contributed by atoms with E-state index in [0.29, 0.717) is 6.04 Å². The van der Waals surface area contributed by atoms with E-state index in [2.05, 4.69) is 4.90 Å². The zero-order valence-corrected chi connectivity index (χ0v) is 12.3. The number of nitrogens with zero attached hydrogens (tertiary/aromatic N) is 1. The number of carbonyl (C=O) groups excluding carboxylic acids is 1. The molecule has 1 aliphatic heterocycles. The van der Waals surface area contributed by atoms with E-state index >= 15 is 0 Å². The summed E-state index contributed by atoms with van der Waals surface area (Å²) in [5, 5.41) is 0. The van der Waals surface area contributed by atoms with Gasteiger partial charge in [0.05, 0.1) is 0 Å². The molecule has 110 valence electrons. The zero-order chi connectivity index (χ0) is 14.1. The van der Waals surface area contributed by atoms with Crippen LogP contribution in [-0.4, -0.2) is 16.8 Å². The van der Waals surface area contributed by atoms with Crippen LogP contribution in [0.1, 0.15) is 48.0 Å². The fraction of sp³-hybridized carbons (Fsp3) is 0.611. The molecule has 4 fully saturated rings. The Labute approximate surface area is 125 Å². The maximum atomic E-state index is 12.8. The highest BCUT2D eigenvalue weighted by Crippen LogP contribution is 2.56. The molecule has 3 nitrogen and oxygen atoms in total. The molecule has 4 saturated carbocycles. The summed E-state index contributed by atoms with van der Waals surface area (Å²) in [7, 11) is 0. The van der Waals surface area contributed by atoms with Crippen LogP contribution in [0.4, 0.5) is 5.69 Å². The molecular weight excluding hydrogens is 260 g/mol. The average molecular weight is 282 g/mol. The van der Waals surface area contributed by atoms with Gasteiger partial charge in [-0.05, 0) is 67.9 Å². The lowest BCUT2D eigenvalue weighted by atomic mass is 9.54. The molecule has 2 N–H and O–H groups in total. The van der Waals surface area contributed by atoms with Crippen LogP contribution in [0, 0.1) is 23.7 Å². The largest absolute Gasteiger partial charge is 0.398 e. The number of hydrogen-bond acceptors (Lipinski definition) is 2. The predicted molar refractivity (Wildman–Crippen MR) is 81.6 cm³/mol. The molecule has 1 aromatic carbocycles. The van der Waals surface area contributed by atoms with E-state index in [-0.39, 0.29) is 5.91 Å². The molecule has 4 bridgehead atoms. The molecule has 1 amide bonds. The second-order valence-corrected chi connectivity index (χ2v) is 7.73. The number of nitrogen functional groups attached to an aromatic ring is 1. The number of benzene rings is 1. The third kappa shape index (κ3) is 1.58. The quantitative estimate of drug-likeness (QED) is 0.805. The molecule has 4 aliphatic carbocycles. The standard InChI is InChI=1S/C18H22N2O/c19-16-3-1-2-14-15(16)9-20(18(14)21)17-12-5-10-4-11(7-12)8-13(17)6-10/h1-3,10-13,17H,4-9,19H2. The van der Waals surface area contributed by atoms with Crippen LogP contribution in [0.15, 0.2) is 18.2 Å². The summed E-state index contributed by atoms with van der Waals surface area (Å²) in [4.78, 5) is 15.0. The number of rotatable bonds is 1. The Hall–Kier alpha value is -1.51. The van der Waals surface area contributed by atoms with E-state index in [1.54, 1.807) is 0 Å². The second-order valence-electron chi connectivity index (χ2n) is 7.73. The molecule has 21 heavy (non-hydrogen) atoms. The summed E-state index contributed by atoms with van der Waals surface area (Å²) < 4.78 is 0. The van der Waals surface area contributed by atoms with E-state index in [1.165, 1.54) is 32.1 Å². The number of hydrogen-bond donors (Lipinski definition) is 1. The van der Waals surface area contributed by atoms with Crippen molar-refractivity contribution in [2.75, 3.05) is 5.73 Å². The summed E-state index contributed by atoms with van der Waals surface area (Å²) in [6.07, 6.45) is 6.88. The van der Waals surface area contributed by atoms with Gasteiger partial charge in [-0.1, -0.05) is 6.07 Å². The topological polar surface area (TPSA) is 46.3 Å². The van der Waals surface area contributed by atoms with Gasteiger partial charge in [-0.25, -0.2) is 0 Å². The van der Waals surface area contributed by atoms with Crippen molar-refractivity contribution in [1.29, 1.82) is 0 Å². The third-order valence-corrected chi connectivity index (χ3v) is 6.57. The van der Waals surface area contributed by atoms with Crippen LogP contribution >= 0.6 is 0 Å². The molecule has 0 atom stereocenters. The highest BCUT2D eigenvalue weighted by Gasteiger charge is 2.52. The maximum Gasteiger partial charge on any atom is 0.254 e. The van der Waals surface area contributed by atoms with Gasteiger partial charge in [0.1, 0.15) is 0 Å². The molecular formula is C18H22N2O. The summed E-state index contributed by atoms with van der Waals surface area (Å²) in [6, 6.07) is 6.26. The van der Waals surface area contributed by atoms with E-state index in [0.717, 1.165) is 47.0 Å². The van der Waals surface area contributed by atoms with Crippen molar-refractivity contribution in [3.63, 3.8) is 0 Å². The van der Waals surface area contributed by atoms with Crippen LogP contribution in [0.2, 0.25) is 0 Å². The molecule has 0 radical (unpaired) electrons. The Morgan fingerprint density at radius 3 is 2.29 bits per heavy atom. The number of nitrogens with two attached hydrogens (primary N) is 1. The minimum Gasteiger partial charge on any atom is -0.398 e. The van der Waals surface area contributed by atoms with Gasteiger partial charge >= 0.3 is 0 Å². The van der Waals surface area contributed by atoms with Crippen molar-refractivity contribution in [3.8, 4) is 0 Å². The Morgan fingerprint density at radius 1 is 1.00 bits per heavy atom. The van der Waals surface area contributed by atoms with Gasteiger partial charge in [-0.15, -0.1) is 0 Å². The lowest BCUT2D eigenvalue weighted by Gasteiger charge is -2.56. The molecule has 0 saturated heterocycles. The SMILES string of the molecule is Nc1cccc2c1CN(C1C3CC4CC(C3)CC1C4)C2=O. The van der Waals surface area contributed by atoms with Gasteiger partial charge in [0.2, 0.25) is 0 Å². The van der Waals surface area contributed by atoms with Crippen LogP contribution in [0.3, 0.4) is 0 Å². The smallest absolute Gasteiger partial charge is 0.254 e.